The van der Waals surface area contributed by atoms with Crippen LogP contribution >= 0.6 is 0 Å². The van der Waals surface area contributed by atoms with Gasteiger partial charge in [-0.25, -0.2) is 0 Å². The number of aliphatic hydroxyl groups excluding tert-OH is 5. The minimum atomic E-state index is -1.59. The van der Waals surface area contributed by atoms with Gasteiger partial charge in [-0.05, 0) is 6.92 Å². The smallest absolute Gasteiger partial charge is 0.217 e. The second-order valence-electron chi connectivity index (χ2n) is 6.46. The summed E-state index contributed by atoms with van der Waals surface area (Å²) < 4.78 is 21.6. The molecule has 2 aliphatic heterocycles. The number of hydrogen-bond acceptors (Lipinski definition) is 10. The Morgan fingerprint density at radius 3 is 2.23 bits per heavy atom. The van der Waals surface area contributed by atoms with Gasteiger partial charge in [-0.15, -0.1) is 0 Å². The maximum absolute atomic E-state index is 11.5. The number of methoxy groups -OCH3 is 1. The molecule has 11 heteroatoms. The van der Waals surface area contributed by atoms with E-state index in [9.17, 15) is 30.3 Å². The molecule has 0 radical (unpaired) electrons. The molecule has 6 N–H and O–H groups in total. The fraction of sp³-hybridized carbons (Fsp3) is 0.933. The monoisotopic (exact) mass is 381 g/mol. The van der Waals surface area contributed by atoms with Crippen molar-refractivity contribution in [3.05, 3.63) is 0 Å². The van der Waals surface area contributed by atoms with Crippen molar-refractivity contribution in [2.24, 2.45) is 0 Å². The van der Waals surface area contributed by atoms with Gasteiger partial charge in [-0.2, -0.15) is 0 Å². The van der Waals surface area contributed by atoms with Gasteiger partial charge in [0, 0.05) is 14.0 Å². The summed E-state index contributed by atoms with van der Waals surface area (Å²) in [5.41, 5.74) is 0. The van der Waals surface area contributed by atoms with Crippen molar-refractivity contribution in [1.82, 2.24) is 5.32 Å². The quantitative estimate of drug-likeness (QED) is 0.280. The number of carbonyl (C=O) groups excluding carboxylic acids is 1. The molecule has 0 spiro atoms. The van der Waals surface area contributed by atoms with Crippen LogP contribution in [0.1, 0.15) is 13.8 Å². The Morgan fingerprint density at radius 1 is 1.04 bits per heavy atom. The van der Waals surface area contributed by atoms with Crippen LogP contribution in [0.25, 0.3) is 0 Å². The zero-order chi connectivity index (χ0) is 19.6. The third kappa shape index (κ3) is 4.32. The van der Waals surface area contributed by atoms with E-state index in [4.69, 9.17) is 18.9 Å². The van der Waals surface area contributed by atoms with Gasteiger partial charge >= 0.3 is 0 Å². The van der Waals surface area contributed by atoms with E-state index in [1.807, 2.05) is 0 Å². The van der Waals surface area contributed by atoms with Crippen molar-refractivity contribution in [2.75, 3.05) is 13.7 Å². The normalized spacial score (nSPS) is 46.8. The van der Waals surface area contributed by atoms with Gasteiger partial charge in [0.05, 0.1) is 12.7 Å². The van der Waals surface area contributed by atoms with E-state index >= 15 is 0 Å². The number of rotatable bonds is 5. The number of hydrogen-bond donors (Lipinski definition) is 6. The highest BCUT2D eigenvalue weighted by Gasteiger charge is 2.50. The molecule has 2 heterocycles. The number of carbonyl (C=O) groups is 1. The molecule has 26 heavy (non-hydrogen) atoms. The topological polar surface area (TPSA) is 167 Å². The standard InChI is InChI=1S/C15H27NO10/c1-5-9(19)11(21)12(22)15(24-5)26-13-8(16-6(2)18)14(23-3)25-7(4-17)10(13)20/h5,7-15,17,19-22H,4H2,1-3H3,(H,16,18)/t5-,7+,8+,9+,10+,11+,12-,13+,14+,15-/m0/s1. The van der Waals surface area contributed by atoms with Gasteiger partial charge < -0.3 is 49.8 Å². The highest BCUT2D eigenvalue weighted by atomic mass is 16.7. The molecule has 152 valence electrons. The van der Waals surface area contributed by atoms with Crippen LogP contribution in [0.3, 0.4) is 0 Å². The van der Waals surface area contributed by atoms with Gasteiger partial charge in [0.1, 0.15) is 42.7 Å². The molecule has 0 aromatic heterocycles. The lowest BCUT2D eigenvalue weighted by molar-refractivity contribution is -0.339. The molecule has 0 saturated carbocycles. The van der Waals surface area contributed by atoms with E-state index in [0.29, 0.717) is 0 Å². The Labute approximate surface area is 150 Å². The average molecular weight is 381 g/mol. The summed E-state index contributed by atoms with van der Waals surface area (Å²) in [6.45, 7) is 2.19. The van der Waals surface area contributed by atoms with E-state index in [2.05, 4.69) is 5.32 Å². The molecule has 11 nitrogen and oxygen atoms in total. The van der Waals surface area contributed by atoms with Gasteiger partial charge in [0.15, 0.2) is 12.6 Å². The zero-order valence-corrected chi connectivity index (χ0v) is 14.8. The van der Waals surface area contributed by atoms with Crippen LogP contribution in [-0.2, 0) is 23.7 Å². The van der Waals surface area contributed by atoms with Crippen LogP contribution in [0.15, 0.2) is 0 Å². The van der Waals surface area contributed by atoms with Gasteiger partial charge in [-0.1, -0.05) is 0 Å². The third-order valence-corrected chi connectivity index (χ3v) is 4.56. The fourth-order valence-corrected chi connectivity index (χ4v) is 3.10. The second kappa shape index (κ2) is 8.87. The first-order valence-electron chi connectivity index (χ1n) is 8.30. The van der Waals surface area contributed by atoms with Crippen molar-refractivity contribution >= 4 is 5.91 Å². The molecule has 0 unspecified atom stereocenters. The average Bonchev–Trinajstić information content (AvgIpc) is 2.60. The Kier molecular flexibility index (Phi) is 7.30. The molecular formula is C15H27NO10. The SMILES string of the molecule is CO[C@@H]1O[C@H](CO)[C@@H](O)[C@H](O[C@@H]2O[C@@H](C)[C@@H](O)[C@@H](O)[C@@H]2O)[C@H]1NC(C)=O. The fourth-order valence-electron chi connectivity index (χ4n) is 3.10. The molecule has 0 bridgehead atoms. The predicted octanol–water partition coefficient (Wildman–Crippen LogP) is -3.57. The van der Waals surface area contributed by atoms with Crippen molar-refractivity contribution in [1.29, 1.82) is 0 Å². The van der Waals surface area contributed by atoms with Gasteiger partial charge in [-0.3, -0.25) is 4.79 Å². The molecule has 0 aliphatic carbocycles. The van der Waals surface area contributed by atoms with E-state index in [0.717, 1.165) is 0 Å². The van der Waals surface area contributed by atoms with Crippen LogP contribution in [-0.4, -0.2) is 107 Å². The summed E-state index contributed by atoms with van der Waals surface area (Å²) in [6, 6.07) is -0.981. The van der Waals surface area contributed by atoms with E-state index < -0.39 is 73.9 Å². The minimum absolute atomic E-state index is 0.446. The van der Waals surface area contributed by atoms with Gasteiger partial charge in [0.2, 0.25) is 5.91 Å². The zero-order valence-electron chi connectivity index (χ0n) is 14.8. The van der Waals surface area contributed by atoms with Crippen LogP contribution in [0.5, 0.6) is 0 Å². The summed E-state index contributed by atoms with van der Waals surface area (Å²) >= 11 is 0. The lowest BCUT2D eigenvalue weighted by Crippen LogP contribution is -2.67. The first-order valence-corrected chi connectivity index (χ1v) is 8.30. The second-order valence-corrected chi connectivity index (χ2v) is 6.46. The van der Waals surface area contributed by atoms with Crippen LogP contribution in [0.4, 0.5) is 0 Å². The summed E-state index contributed by atoms with van der Waals surface area (Å²) in [6.07, 6.45) is -11.4. The molecule has 10 atom stereocenters. The first kappa shape index (κ1) is 21.4. The van der Waals surface area contributed by atoms with Crippen LogP contribution in [0, 0.1) is 0 Å². The van der Waals surface area contributed by atoms with Crippen LogP contribution in [0.2, 0.25) is 0 Å². The number of aliphatic hydroxyl groups is 5. The highest BCUT2D eigenvalue weighted by molar-refractivity contribution is 5.73. The Hall–Kier alpha value is -0.890. The lowest BCUT2D eigenvalue weighted by atomic mass is 9.95. The summed E-state index contributed by atoms with van der Waals surface area (Å²) in [5, 5.41) is 52.2. The molecular weight excluding hydrogens is 354 g/mol. The molecule has 0 aromatic rings. The van der Waals surface area contributed by atoms with Crippen molar-refractivity contribution in [3.63, 3.8) is 0 Å². The summed E-state index contributed by atoms with van der Waals surface area (Å²) in [5.74, 6) is -0.446. The molecule has 0 aromatic carbocycles. The maximum atomic E-state index is 11.5. The molecule has 2 rings (SSSR count). The first-order chi connectivity index (χ1) is 12.2. The largest absolute Gasteiger partial charge is 0.394 e. The van der Waals surface area contributed by atoms with Crippen molar-refractivity contribution in [2.45, 2.75) is 75.2 Å². The molecule has 2 saturated heterocycles. The maximum Gasteiger partial charge on any atom is 0.217 e. The third-order valence-electron chi connectivity index (χ3n) is 4.56. The van der Waals surface area contributed by atoms with E-state index in [1.54, 1.807) is 0 Å². The number of ether oxygens (including phenoxy) is 4. The Morgan fingerprint density at radius 2 is 1.69 bits per heavy atom. The number of amides is 1. The summed E-state index contributed by atoms with van der Waals surface area (Å²) in [7, 11) is 1.32. The van der Waals surface area contributed by atoms with Crippen molar-refractivity contribution in [3.8, 4) is 0 Å². The highest BCUT2D eigenvalue weighted by Crippen LogP contribution is 2.29. The van der Waals surface area contributed by atoms with E-state index in [1.165, 1.54) is 21.0 Å². The number of nitrogens with one attached hydrogen (secondary N) is 1. The Bertz CT molecular complexity index is 479. The molecule has 2 aliphatic rings. The van der Waals surface area contributed by atoms with Crippen molar-refractivity contribution < 1.29 is 49.3 Å². The van der Waals surface area contributed by atoms with Gasteiger partial charge in [0.25, 0.3) is 0 Å². The summed E-state index contributed by atoms with van der Waals surface area (Å²) in [4.78, 5) is 11.5. The molecule has 2 fully saturated rings. The van der Waals surface area contributed by atoms with E-state index in [-0.39, 0.29) is 0 Å². The van der Waals surface area contributed by atoms with Crippen LogP contribution < -0.4 is 5.32 Å². The lowest BCUT2D eigenvalue weighted by Gasteiger charge is -2.47. The predicted molar refractivity (Wildman–Crippen MR) is 83.6 cm³/mol. The Balaban J connectivity index is 2.23. The minimum Gasteiger partial charge on any atom is -0.394 e. The molecule has 1 amide bonds.